The molecule has 0 aromatic carbocycles. The summed E-state index contributed by atoms with van der Waals surface area (Å²) < 4.78 is 0.981. The van der Waals surface area contributed by atoms with Gasteiger partial charge < -0.3 is 4.48 Å². The Bertz CT molecular complexity index is 143. The third-order valence-electron chi connectivity index (χ3n) is 3.32. The molecule has 2 nitrogen and oxygen atoms in total. The maximum absolute atomic E-state index is 3.46. The molecular formula is C11H27N2+. The molecule has 0 amide bonds. The van der Waals surface area contributed by atoms with Crippen LogP contribution >= 0.6 is 0 Å². The zero-order valence-corrected chi connectivity index (χ0v) is 10.4. The molecule has 0 aliphatic rings. The molecule has 0 aliphatic carbocycles. The summed E-state index contributed by atoms with van der Waals surface area (Å²) in [7, 11) is 8.83. The third-order valence-corrected chi connectivity index (χ3v) is 3.32. The molecule has 0 saturated carbocycles. The Kier molecular flexibility index (Phi) is 4.40. The van der Waals surface area contributed by atoms with E-state index in [1.54, 1.807) is 0 Å². The fourth-order valence-corrected chi connectivity index (χ4v) is 2.31. The molecule has 0 saturated heterocycles. The first kappa shape index (κ1) is 12.9. The zero-order valence-electron chi connectivity index (χ0n) is 10.4. The van der Waals surface area contributed by atoms with Crippen LogP contribution < -0.4 is 5.32 Å². The van der Waals surface area contributed by atoms with E-state index >= 15 is 0 Å². The fourth-order valence-electron chi connectivity index (χ4n) is 2.31. The maximum Gasteiger partial charge on any atom is 0.147 e. The quantitative estimate of drug-likeness (QED) is 0.513. The second-order valence-corrected chi connectivity index (χ2v) is 5.17. The van der Waals surface area contributed by atoms with Gasteiger partial charge in [-0.25, -0.2) is 0 Å². The van der Waals surface area contributed by atoms with Gasteiger partial charge in [0.1, 0.15) is 6.17 Å². The first-order valence-corrected chi connectivity index (χ1v) is 5.30. The summed E-state index contributed by atoms with van der Waals surface area (Å²) in [6.45, 7) is 6.94. The molecule has 0 rings (SSSR count). The van der Waals surface area contributed by atoms with Crippen molar-refractivity contribution >= 4 is 0 Å². The van der Waals surface area contributed by atoms with Crippen molar-refractivity contribution in [3.63, 3.8) is 0 Å². The molecule has 13 heavy (non-hydrogen) atoms. The normalized spacial score (nSPS) is 15.9. The molecule has 80 valence electrons. The van der Waals surface area contributed by atoms with Gasteiger partial charge in [-0.15, -0.1) is 0 Å². The number of hydrogen-bond donors (Lipinski definition) is 1. The van der Waals surface area contributed by atoms with Gasteiger partial charge in [0.15, 0.2) is 0 Å². The van der Waals surface area contributed by atoms with E-state index in [9.17, 15) is 0 Å². The third kappa shape index (κ3) is 2.96. The highest BCUT2D eigenvalue weighted by molar-refractivity contribution is 4.78. The predicted molar refractivity (Wildman–Crippen MR) is 59.6 cm³/mol. The predicted octanol–water partition coefficient (Wildman–Crippen LogP) is 2.06. The molecule has 0 fully saturated rings. The molecule has 0 spiro atoms. The van der Waals surface area contributed by atoms with Crippen molar-refractivity contribution in [2.75, 3.05) is 28.2 Å². The van der Waals surface area contributed by atoms with E-state index in [0.29, 0.717) is 11.6 Å². The van der Waals surface area contributed by atoms with Gasteiger partial charge in [-0.1, -0.05) is 20.8 Å². The molecule has 0 aliphatic heterocycles. The molecule has 1 N–H and O–H groups in total. The summed E-state index contributed by atoms with van der Waals surface area (Å²) in [5.41, 5.74) is 0.396. The fraction of sp³-hybridized carbons (Fsp3) is 1.00. The maximum atomic E-state index is 3.46. The van der Waals surface area contributed by atoms with Gasteiger partial charge in [0.2, 0.25) is 0 Å². The Labute approximate surface area is 83.9 Å². The van der Waals surface area contributed by atoms with E-state index in [4.69, 9.17) is 0 Å². The van der Waals surface area contributed by atoms with E-state index < -0.39 is 0 Å². The van der Waals surface area contributed by atoms with Crippen LogP contribution in [0.15, 0.2) is 0 Å². The van der Waals surface area contributed by atoms with Crippen molar-refractivity contribution in [3.05, 3.63) is 0 Å². The Morgan fingerprint density at radius 3 is 1.62 bits per heavy atom. The highest BCUT2D eigenvalue weighted by Gasteiger charge is 2.38. The lowest BCUT2D eigenvalue weighted by atomic mass is 9.80. The lowest BCUT2D eigenvalue weighted by Gasteiger charge is -2.44. The standard InChI is InChI=1S/C11H27N2/c1-8-11(3,9-2)10(12-4)13(5,6)7/h10,12H,8-9H2,1-7H3/q+1. The van der Waals surface area contributed by atoms with Gasteiger partial charge in [-0.3, -0.25) is 5.32 Å². The van der Waals surface area contributed by atoms with Crippen LogP contribution in [-0.4, -0.2) is 38.8 Å². The van der Waals surface area contributed by atoms with Gasteiger partial charge in [-0.2, -0.15) is 0 Å². The molecule has 0 aromatic heterocycles. The topological polar surface area (TPSA) is 12.0 Å². The Morgan fingerprint density at radius 2 is 1.54 bits per heavy atom. The SMILES string of the molecule is CCC(C)(CC)C(NC)[N+](C)(C)C. The van der Waals surface area contributed by atoms with Crippen LogP contribution in [-0.2, 0) is 0 Å². The van der Waals surface area contributed by atoms with Crippen molar-refractivity contribution in [2.45, 2.75) is 39.8 Å². The highest BCUT2D eigenvalue weighted by Crippen LogP contribution is 2.32. The second-order valence-electron chi connectivity index (χ2n) is 5.17. The number of rotatable bonds is 5. The van der Waals surface area contributed by atoms with Gasteiger partial charge in [-0.05, 0) is 19.9 Å². The van der Waals surface area contributed by atoms with Gasteiger partial charge >= 0.3 is 0 Å². The number of nitrogens with one attached hydrogen (secondary N) is 1. The van der Waals surface area contributed by atoms with Crippen molar-refractivity contribution < 1.29 is 4.48 Å². The molecule has 0 radical (unpaired) electrons. The monoisotopic (exact) mass is 187 g/mol. The Hall–Kier alpha value is -0.0800. The zero-order chi connectivity index (χ0) is 10.7. The molecule has 0 heterocycles. The van der Waals surface area contributed by atoms with E-state index in [1.807, 2.05) is 0 Å². The first-order valence-electron chi connectivity index (χ1n) is 5.30. The van der Waals surface area contributed by atoms with Crippen LogP contribution in [0.2, 0.25) is 0 Å². The smallest absolute Gasteiger partial charge is 0.147 e. The summed E-state index contributed by atoms with van der Waals surface area (Å²) in [4.78, 5) is 0. The van der Waals surface area contributed by atoms with Gasteiger partial charge in [0, 0.05) is 5.41 Å². The van der Waals surface area contributed by atoms with Crippen molar-refractivity contribution in [3.8, 4) is 0 Å². The van der Waals surface area contributed by atoms with Crippen LogP contribution in [0, 0.1) is 5.41 Å². The number of quaternary nitrogens is 1. The molecular weight excluding hydrogens is 160 g/mol. The molecule has 1 atom stereocenters. The van der Waals surface area contributed by atoms with Crippen molar-refractivity contribution in [1.29, 1.82) is 0 Å². The van der Waals surface area contributed by atoms with Crippen LogP contribution in [0.3, 0.4) is 0 Å². The van der Waals surface area contributed by atoms with Crippen LogP contribution in [0.25, 0.3) is 0 Å². The Morgan fingerprint density at radius 1 is 1.15 bits per heavy atom. The molecule has 0 aromatic rings. The number of nitrogens with zero attached hydrogens (tertiary/aromatic N) is 1. The molecule has 1 unspecified atom stereocenters. The van der Waals surface area contributed by atoms with Crippen molar-refractivity contribution in [1.82, 2.24) is 5.32 Å². The van der Waals surface area contributed by atoms with E-state index in [1.165, 1.54) is 12.8 Å². The minimum absolute atomic E-state index is 0.396. The average molecular weight is 187 g/mol. The largest absolute Gasteiger partial charge is 0.316 e. The number of hydrogen-bond acceptors (Lipinski definition) is 1. The summed E-state index contributed by atoms with van der Waals surface area (Å²) in [6.07, 6.45) is 2.98. The molecule has 2 heteroatoms. The summed E-state index contributed by atoms with van der Waals surface area (Å²) in [5.74, 6) is 0. The van der Waals surface area contributed by atoms with Crippen LogP contribution in [0.5, 0.6) is 0 Å². The minimum Gasteiger partial charge on any atom is -0.316 e. The Balaban J connectivity index is 4.74. The second kappa shape index (κ2) is 4.43. The van der Waals surface area contributed by atoms with Crippen LogP contribution in [0.4, 0.5) is 0 Å². The minimum atomic E-state index is 0.396. The van der Waals surface area contributed by atoms with Crippen LogP contribution in [0.1, 0.15) is 33.6 Å². The van der Waals surface area contributed by atoms with Gasteiger partial charge in [0.25, 0.3) is 0 Å². The first-order chi connectivity index (χ1) is 5.81. The lowest BCUT2D eigenvalue weighted by molar-refractivity contribution is -0.907. The lowest BCUT2D eigenvalue weighted by Crippen LogP contribution is -2.60. The highest BCUT2D eigenvalue weighted by atomic mass is 15.4. The average Bonchev–Trinajstić information content (AvgIpc) is 2.02. The van der Waals surface area contributed by atoms with E-state index in [-0.39, 0.29) is 0 Å². The summed E-state index contributed by atoms with van der Waals surface area (Å²) in [5, 5.41) is 3.46. The summed E-state index contributed by atoms with van der Waals surface area (Å²) >= 11 is 0. The van der Waals surface area contributed by atoms with E-state index in [0.717, 1.165) is 4.48 Å². The summed E-state index contributed by atoms with van der Waals surface area (Å²) in [6, 6.07) is 0. The van der Waals surface area contributed by atoms with E-state index in [2.05, 4.69) is 54.3 Å². The van der Waals surface area contributed by atoms with Gasteiger partial charge in [0.05, 0.1) is 21.1 Å². The van der Waals surface area contributed by atoms with Crippen molar-refractivity contribution in [2.24, 2.45) is 5.41 Å². The molecule has 0 bridgehead atoms.